The van der Waals surface area contributed by atoms with Gasteiger partial charge in [0.2, 0.25) is 0 Å². The zero-order chi connectivity index (χ0) is 16.4. The molecule has 7 heteroatoms. The highest BCUT2D eigenvalue weighted by molar-refractivity contribution is 7.98. The summed E-state index contributed by atoms with van der Waals surface area (Å²) in [7, 11) is 3.35. The number of hydrogen-bond donors (Lipinski definition) is 1. The Bertz CT molecular complexity index is 851. The maximum atomic E-state index is 5.46. The van der Waals surface area contributed by atoms with E-state index in [1.165, 1.54) is 0 Å². The number of H-pyrrole nitrogens is 1. The minimum absolute atomic E-state index is 0. The summed E-state index contributed by atoms with van der Waals surface area (Å²) in [5.74, 6) is 2.45. The molecule has 0 saturated carbocycles. The molecule has 1 N–H and O–H groups in total. The molecule has 0 radical (unpaired) electrons. The normalized spacial score (nSPS) is 10.5. The molecule has 128 valence electrons. The van der Waals surface area contributed by atoms with E-state index in [0.29, 0.717) is 0 Å². The van der Waals surface area contributed by atoms with Crippen molar-refractivity contribution in [1.82, 2.24) is 15.0 Å². The molecule has 3 rings (SSSR count). The van der Waals surface area contributed by atoms with Crippen LogP contribution >= 0.6 is 24.2 Å². The standard InChI is InChI=1S/C17H19N3O2S.ClH/c1-10-8-18-15(11(2)16(10)22-4)9-23-17-19-13-6-5-12(21-3)7-14(13)20-17;/h5-8H,9H2,1-4H3,(H,19,20);1H. The third-order valence-corrected chi connectivity index (χ3v) is 4.65. The summed E-state index contributed by atoms with van der Waals surface area (Å²) < 4.78 is 10.7. The minimum atomic E-state index is 0. The van der Waals surface area contributed by atoms with E-state index in [1.54, 1.807) is 26.0 Å². The van der Waals surface area contributed by atoms with Gasteiger partial charge in [-0.3, -0.25) is 4.98 Å². The lowest BCUT2D eigenvalue weighted by atomic mass is 10.1. The van der Waals surface area contributed by atoms with Crippen molar-refractivity contribution in [3.63, 3.8) is 0 Å². The van der Waals surface area contributed by atoms with E-state index in [9.17, 15) is 0 Å². The molecular formula is C17H20ClN3O2S. The second kappa shape index (κ2) is 7.77. The van der Waals surface area contributed by atoms with Crippen LogP contribution in [-0.2, 0) is 5.75 Å². The molecule has 0 fully saturated rings. The van der Waals surface area contributed by atoms with Gasteiger partial charge in [0.1, 0.15) is 11.5 Å². The van der Waals surface area contributed by atoms with E-state index in [-0.39, 0.29) is 12.4 Å². The first-order valence-corrected chi connectivity index (χ1v) is 8.26. The monoisotopic (exact) mass is 365 g/mol. The number of benzene rings is 1. The zero-order valence-electron chi connectivity index (χ0n) is 14.0. The number of aryl methyl sites for hydroxylation is 1. The van der Waals surface area contributed by atoms with Gasteiger partial charge < -0.3 is 14.5 Å². The van der Waals surface area contributed by atoms with Crippen molar-refractivity contribution in [1.29, 1.82) is 0 Å². The molecule has 2 heterocycles. The zero-order valence-corrected chi connectivity index (χ0v) is 15.7. The molecule has 0 spiro atoms. The smallest absolute Gasteiger partial charge is 0.166 e. The molecule has 3 aromatic rings. The van der Waals surface area contributed by atoms with Crippen molar-refractivity contribution < 1.29 is 9.47 Å². The number of fused-ring (bicyclic) bond motifs is 1. The molecule has 0 aliphatic carbocycles. The van der Waals surface area contributed by atoms with Gasteiger partial charge in [0, 0.05) is 29.1 Å². The van der Waals surface area contributed by atoms with Crippen LogP contribution in [0.2, 0.25) is 0 Å². The molecule has 0 unspecified atom stereocenters. The summed E-state index contributed by atoms with van der Waals surface area (Å²) >= 11 is 1.63. The number of aromatic nitrogens is 3. The maximum absolute atomic E-state index is 5.46. The van der Waals surface area contributed by atoms with Crippen molar-refractivity contribution in [2.75, 3.05) is 14.2 Å². The van der Waals surface area contributed by atoms with E-state index in [4.69, 9.17) is 9.47 Å². The second-order valence-electron chi connectivity index (χ2n) is 5.26. The minimum Gasteiger partial charge on any atom is -0.497 e. The Morgan fingerprint density at radius 1 is 1.17 bits per heavy atom. The second-order valence-corrected chi connectivity index (χ2v) is 6.22. The Hall–Kier alpha value is -1.92. The Kier molecular flexibility index (Phi) is 5.96. The summed E-state index contributed by atoms with van der Waals surface area (Å²) in [5, 5.41) is 0.869. The van der Waals surface area contributed by atoms with E-state index in [2.05, 4.69) is 15.0 Å². The average Bonchev–Trinajstić information content (AvgIpc) is 2.96. The number of thioether (sulfide) groups is 1. The summed E-state index contributed by atoms with van der Waals surface area (Å²) in [4.78, 5) is 12.4. The summed E-state index contributed by atoms with van der Waals surface area (Å²) in [6.07, 6.45) is 1.85. The number of pyridine rings is 1. The predicted molar refractivity (Wildman–Crippen MR) is 99.7 cm³/mol. The maximum Gasteiger partial charge on any atom is 0.166 e. The number of nitrogens with one attached hydrogen (secondary N) is 1. The van der Waals surface area contributed by atoms with Crippen LogP contribution in [-0.4, -0.2) is 29.2 Å². The van der Waals surface area contributed by atoms with Crippen LogP contribution in [0.5, 0.6) is 11.5 Å². The van der Waals surface area contributed by atoms with Gasteiger partial charge in [0.25, 0.3) is 0 Å². The summed E-state index contributed by atoms with van der Waals surface area (Å²) in [6.45, 7) is 4.04. The lowest BCUT2D eigenvalue weighted by Gasteiger charge is -2.11. The molecule has 1 aromatic carbocycles. The van der Waals surface area contributed by atoms with Gasteiger partial charge >= 0.3 is 0 Å². The summed E-state index contributed by atoms with van der Waals surface area (Å²) in [5.41, 5.74) is 5.04. The van der Waals surface area contributed by atoms with Gasteiger partial charge in [-0.1, -0.05) is 11.8 Å². The van der Waals surface area contributed by atoms with Crippen LogP contribution in [0.3, 0.4) is 0 Å². The number of imidazole rings is 1. The van der Waals surface area contributed by atoms with Crippen LogP contribution in [0.4, 0.5) is 0 Å². The quantitative estimate of drug-likeness (QED) is 0.683. The van der Waals surface area contributed by atoms with Gasteiger partial charge in [-0.05, 0) is 26.0 Å². The van der Waals surface area contributed by atoms with Gasteiger partial charge in [-0.15, -0.1) is 12.4 Å². The van der Waals surface area contributed by atoms with E-state index >= 15 is 0 Å². The highest BCUT2D eigenvalue weighted by Gasteiger charge is 2.11. The molecule has 0 aliphatic rings. The number of aromatic amines is 1. The topological polar surface area (TPSA) is 60.0 Å². The summed E-state index contributed by atoms with van der Waals surface area (Å²) in [6, 6.07) is 5.82. The number of nitrogens with zero attached hydrogens (tertiary/aromatic N) is 2. The highest BCUT2D eigenvalue weighted by atomic mass is 35.5. The number of ether oxygens (including phenoxy) is 2. The first kappa shape index (κ1) is 18.4. The SMILES string of the molecule is COc1ccc2[nH]c(SCc3ncc(C)c(OC)c3C)nc2c1.Cl. The molecular weight excluding hydrogens is 346 g/mol. The van der Waals surface area contributed by atoms with Crippen molar-refractivity contribution >= 4 is 35.2 Å². The van der Waals surface area contributed by atoms with Gasteiger partial charge in [-0.25, -0.2) is 4.98 Å². The Labute approximate surface area is 151 Å². The average molecular weight is 366 g/mol. The molecule has 0 saturated heterocycles. The van der Waals surface area contributed by atoms with Gasteiger partial charge in [0.05, 0.1) is 30.9 Å². The fraction of sp³-hybridized carbons (Fsp3) is 0.294. The lowest BCUT2D eigenvalue weighted by molar-refractivity contribution is 0.407. The van der Waals surface area contributed by atoms with E-state index in [0.717, 1.165) is 50.3 Å². The molecule has 2 aromatic heterocycles. The fourth-order valence-electron chi connectivity index (χ4n) is 2.51. The Morgan fingerprint density at radius 3 is 2.67 bits per heavy atom. The predicted octanol–water partition coefficient (Wildman–Crippen LogP) is 4.31. The van der Waals surface area contributed by atoms with Crippen LogP contribution in [0.25, 0.3) is 11.0 Å². The van der Waals surface area contributed by atoms with Crippen LogP contribution in [0.1, 0.15) is 16.8 Å². The highest BCUT2D eigenvalue weighted by Crippen LogP contribution is 2.29. The molecule has 0 atom stereocenters. The van der Waals surface area contributed by atoms with Crippen LogP contribution in [0, 0.1) is 13.8 Å². The van der Waals surface area contributed by atoms with Crippen molar-refractivity contribution in [2.45, 2.75) is 24.8 Å². The molecule has 24 heavy (non-hydrogen) atoms. The van der Waals surface area contributed by atoms with Crippen molar-refractivity contribution in [3.8, 4) is 11.5 Å². The van der Waals surface area contributed by atoms with Gasteiger partial charge in [-0.2, -0.15) is 0 Å². The van der Waals surface area contributed by atoms with Crippen LogP contribution in [0.15, 0.2) is 29.6 Å². The molecule has 0 aliphatic heterocycles. The molecule has 0 amide bonds. The van der Waals surface area contributed by atoms with E-state index < -0.39 is 0 Å². The van der Waals surface area contributed by atoms with Gasteiger partial charge in [0.15, 0.2) is 5.16 Å². The molecule has 0 bridgehead atoms. The largest absolute Gasteiger partial charge is 0.497 e. The Balaban J connectivity index is 0.00000208. The number of methoxy groups -OCH3 is 2. The first-order valence-electron chi connectivity index (χ1n) is 7.28. The third-order valence-electron chi connectivity index (χ3n) is 3.76. The number of hydrogen-bond acceptors (Lipinski definition) is 5. The number of halogens is 1. The fourth-order valence-corrected chi connectivity index (χ4v) is 3.42. The number of rotatable bonds is 5. The van der Waals surface area contributed by atoms with E-state index in [1.807, 2.05) is 38.2 Å². The van der Waals surface area contributed by atoms with Crippen molar-refractivity contribution in [2.24, 2.45) is 0 Å². The first-order chi connectivity index (χ1) is 11.1. The Morgan fingerprint density at radius 2 is 1.96 bits per heavy atom. The third kappa shape index (κ3) is 3.60. The van der Waals surface area contributed by atoms with Crippen LogP contribution < -0.4 is 9.47 Å². The van der Waals surface area contributed by atoms with Crippen molar-refractivity contribution in [3.05, 3.63) is 41.2 Å². The molecule has 5 nitrogen and oxygen atoms in total. The lowest BCUT2D eigenvalue weighted by Crippen LogP contribution is -1.98.